The Kier molecular flexibility index (Phi) is 11.4. The van der Waals surface area contributed by atoms with Gasteiger partial charge in [0.05, 0.1) is 36.0 Å². The van der Waals surface area contributed by atoms with Crippen molar-refractivity contribution < 1.29 is 15.3 Å². The van der Waals surface area contributed by atoms with E-state index in [0.717, 1.165) is 22.2 Å². The van der Waals surface area contributed by atoms with Crippen molar-refractivity contribution in [3.05, 3.63) is 81.9 Å². The molecule has 1 atom stereocenters. The number of likely N-dealkylation sites (N-methyl/N-ethyl adjacent to an activating group) is 1. The van der Waals surface area contributed by atoms with E-state index in [4.69, 9.17) is 15.7 Å². The van der Waals surface area contributed by atoms with Gasteiger partial charge in [-0.25, -0.2) is 4.67 Å². The molecule has 3 aromatic rings. The van der Waals surface area contributed by atoms with Crippen LogP contribution in [0, 0.1) is 21.4 Å². The molecule has 3 rings (SSSR count). The zero-order valence-electron chi connectivity index (χ0n) is 24.7. The van der Waals surface area contributed by atoms with E-state index in [1.165, 1.54) is 0 Å². The monoisotopic (exact) mass is 563 g/mol. The van der Waals surface area contributed by atoms with Crippen LogP contribution in [0.15, 0.2) is 60.7 Å². The highest BCUT2D eigenvalue weighted by atomic mass is 31.2. The average Bonchev–Trinajstić information content (AvgIpc) is 2.95. The first kappa shape index (κ1) is 29.6. The number of nitriles is 1. The first-order valence-electron chi connectivity index (χ1n) is 14.2. The molecule has 0 radical (unpaired) electrons. The smallest absolute Gasteiger partial charge is 0.277 e. The summed E-state index contributed by atoms with van der Waals surface area (Å²) in [6.45, 7) is 10.6. The number of nitro groups is 1. The molecule has 1 unspecified atom stereocenters. The summed E-state index contributed by atoms with van der Waals surface area (Å²) in [5.74, 6) is 0. The molecule has 0 bridgehead atoms. The SMILES string of the molecule is [2H]CCN(CCOP(OCCC#N)N(C(C)C)C(C)C)c1ccc(/C=C/c2ccc([N+](=O)[O-])c3ccccc23)cc1. The highest BCUT2D eigenvalue weighted by Gasteiger charge is 2.27. The summed E-state index contributed by atoms with van der Waals surface area (Å²) < 4.78 is 22.2. The first-order chi connectivity index (χ1) is 19.8. The Morgan fingerprint density at radius 2 is 1.68 bits per heavy atom. The number of benzene rings is 3. The van der Waals surface area contributed by atoms with Crippen LogP contribution in [0.2, 0.25) is 0 Å². The Morgan fingerprint density at radius 3 is 2.30 bits per heavy atom. The minimum Gasteiger partial charge on any atom is -0.369 e. The molecular weight excluding hydrogens is 523 g/mol. The summed E-state index contributed by atoms with van der Waals surface area (Å²) in [7, 11) is -1.31. The molecule has 0 fully saturated rings. The number of nitrogens with zero attached hydrogens (tertiary/aromatic N) is 4. The molecular formula is C31H39N4O4P. The lowest BCUT2D eigenvalue weighted by molar-refractivity contribution is -0.383. The Bertz CT molecular complexity index is 1340. The quantitative estimate of drug-likeness (QED) is 0.0607. The second-order valence-electron chi connectivity index (χ2n) is 9.77. The summed E-state index contributed by atoms with van der Waals surface area (Å²) >= 11 is 0. The van der Waals surface area contributed by atoms with E-state index in [9.17, 15) is 10.1 Å². The van der Waals surface area contributed by atoms with Crippen molar-refractivity contribution in [3.8, 4) is 6.07 Å². The van der Waals surface area contributed by atoms with Gasteiger partial charge in [-0.15, -0.1) is 0 Å². The van der Waals surface area contributed by atoms with Gasteiger partial charge in [-0.3, -0.25) is 10.1 Å². The number of rotatable bonds is 15. The molecule has 0 saturated heterocycles. The van der Waals surface area contributed by atoms with Crippen molar-refractivity contribution in [2.24, 2.45) is 0 Å². The molecule has 0 aromatic heterocycles. The van der Waals surface area contributed by atoms with Crippen LogP contribution in [0.4, 0.5) is 11.4 Å². The molecule has 9 heteroatoms. The minimum absolute atomic E-state index is 0.1000. The van der Waals surface area contributed by atoms with Gasteiger partial charge in [-0.05, 0) is 75.4 Å². The van der Waals surface area contributed by atoms with Gasteiger partial charge in [0.2, 0.25) is 0 Å². The number of hydrogen-bond acceptors (Lipinski definition) is 7. The molecule has 0 spiro atoms. The van der Waals surface area contributed by atoms with E-state index >= 15 is 0 Å². The molecule has 212 valence electrons. The molecule has 0 saturated carbocycles. The fraction of sp³-hybridized carbons (Fsp3) is 0.387. The van der Waals surface area contributed by atoms with Gasteiger partial charge in [0, 0.05) is 38.3 Å². The second kappa shape index (κ2) is 15.4. The third kappa shape index (κ3) is 8.33. The normalized spacial score (nSPS) is 12.8. The van der Waals surface area contributed by atoms with Crippen LogP contribution >= 0.6 is 8.53 Å². The number of anilines is 1. The lowest BCUT2D eigenvalue weighted by atomic mass is 10.0. The van der Waals surface area contributed by atoms with E-state index < -0.39 is 8.53 Å². The zero-order chi connectivity index (χ0) is 29.8. The van der Waals surface area contributed by atoms with Gasteiger partial charge in [0.25, 0.3) is 14.2 Å². The van der Waals surface area contributed by atoms with Crippen LogP contribution in [0.5, 0.6) is 0 Å². The summed E-state index contributed by atoms with van der Waals surface area (Å²) in [4.78, 5) is 13.2. The van der Waals surface area contributed by atoms with Gasteiger partial charge in [-0.2, -0.15) is 5.26 Å². The molecule has 8 nitrogen and oxygen atoms in total. The highest BCUT2D eigenvalue weighted by molar-refractivity contribution is 7.44. The van der Waals surface area contributed by atoms with Crippen LogP contribution in [0.3, 0.4) is 0 Å². The number of fused-ring (bicyclic) bond motifs is 1. The van der Waals surface area contributed by atoms with E-state index in [-0.39, 0.29) is 29.6 Å². The molecule has 0 aliphatic heterocycles. The lowest BCUT2D eigenvalue weighted by Gasteiger charge is -2.36. The molecule has 40 heavy (non-hydrogen) atoms. The minimum atomic E-state index is -1.31. The van der Waals surface area contributed by atoms with Crippen LogP contribution in [0.1, 0.15) is 53.5 Å². The maximum absolute atomic E-state index is 11.4. The predicted molar refractivity (Wildman–Crippen MR) is 165 cm³/mol. The average molecular weight is 564 g/mol. The van der Waals surface area contributed by atoms with Gasteiger partial charge in [0.1, 0.15) is 0 Å². The van der Waals surface area contributed by atoms with Crippen LogP contribution in [-0.2, 0) is 9.05 Å². The molecule has 0 aliphatic carbocycles. The Morgan fingerprint density at radius 1 is 1.00 bits per heavy atom. The maximum atomic E-state index is 11.4. The Labute approximate surface area is 240 Å². The zero-order valence-corrected chi connectivity index (χ0v) is 24.6. The summed E-state index contributed by atoms with van der Waals surface area (Å²) in [6, 6.07) is 21.4. The fourth-order valence-electron chi connectivity index (χ4n) is 4.51. The number of nitro benzene ring substituents is 1. The van der Waals surface area contributed by atoms with Crippen molar-refractivity contribution >= 4 is 42.8 Å². The summed E-state index contributed by atoms with van der Waals surface area (Å²) in [5, 5.41) is 21.8. The van der Waals surface area contributed by atoms with Crippen LogP contribution in [-0.4, -0.2) is 48.0 Å². The topological polar surface area (TPSA) is 91.9 Å². The summed E-state index contributed by atoms with van der Waals surface area (Å²) in [5.41, 5.74) is 3.01. The van der Waals surface area contributed by atoms with Crippen molar-refractivity contribution in [3.63, 3.8) is 0 Å². The Hall–Kier alpha value is -3.34. The maximum Gasteiger partial charge on any atom is 0.277 e. The first-order valence-corrected chi connectivity index (χ1v) is 14.6. The molecule has 0 N–H and O–H groups in total. The van der Waals surface area contributed by atoms with Gasteiger partial charge < -0.3 is 13.9 Å². The van der Waals surface area contributed by atoms with Crippen LogP contribution in [0.25, 0.3) is 22.9 Å². The van der Waals surface area contributed by atoms with Crippen molar-refractivity contribution in [1.82, 2.24) is 4.67 Å². The molecule has 0 amide bonds. The molecule has 0 aliphatic rings. The van der Waals surface area contributed by atoms with Gasteiger partial charge >= 0.3 is 0 Å². The van der Waals surface area contributed by atoms with Crippen molar-refractivity contribution in [2.45, 2.75) is 53.1 Å². The standard InChI is InChI=1S/C31H39N4O4P/c1-6-33(21-23-39-40(38-22-9-20-32)34(24(2)3)25(4)5)28-17-13-26(14-18-28)12-15-27-16-19-31(35(36)37)30-11-8-7-10-29(27)30/h7-8,10-19,24-25H,6,9,21-23H2,1-5H3/b15-12+/i1D. The molecule has 3 aromatic carbocycles. The number of non-ortho nitro benzene ring substituents is 1. The Balaban J connectivity index is 1.70. The number of hydrogen-bond donors (Lipinski definition) is 0. The predicted octanol–water partition coefficient (Wildman–Crippen LogP) is 8.04. The third-order valence-corrected chi connectivity index (χ3v) is 8.45. The van der Waals surface area contributed by atoms with E-state index in [2.05, 4.69) is 43.3 Å². The van der Waals surface area contributed by atoms with Crippen molar-refractivity contribution in [2.75, 3.05) is 31.2 Å². The third-order valence-electron chi connectivity index (χ3n) is 6.34. The van der Waals surface area contributed by atoms with Gasteiger partial charge in [-0.1, -0.05) is 42.5 Å². The van der Waals surface area contributed by atoms with E-state index in [1.54, 1.807) is 18.2 Å². The van der Waals surface area contributed by atoms with E-state index in [0.29, 0.717) is 38.1 Å². The van der Waals surface area contributed by atoms with Crippen LogP contribution < -0.4 is 4.90 Å². The largest absolute Gasteiger partial charge is 0.369 e. The van der Waals surface area contributed by atoms with Gasteiger partial charge in [0.15, 0.2) is 0 Å². The molecule has 0 heterocycles. The van der Waals surface area contributed by atoms with Crippen molar-refractivity contribution in [1.29, 1.82) is 5.26 Å². The highest BCUT2D eigenvalue weighted by Crippen LogP contribution is 2.45. The fourth-order valence-corrected chi connectivity index (χ4v) is 6.09. The second-order valence-corrected chi connectivity index (χ2v) is 11.2. The lowest BCUT2D eigenvalue weighted by Crippen LogP contribution is -2.34. The van der Waals surface area contributed by atoms with E-state index in [1.807, 2.05) is 54.6 Å². The summed E-state index contributed by atoms with van der Waals surface area (Å²) in [6.07, 6.45) is 4.28.